The molecule has 33 heavy (non-hydrogen) atoms. The van der Waals surface area contributed by atoms with Gasteiger partial charge in [0.15, 0.2) is 0 Å². The Morgan fingerprint density at radius 1 is 0.939 bits per heavy atom. The van der Waals surface area contributed by atoms with Gasteiger partial charge in [0, 0.05) is 43.3 Å². The molecule has 176 valence electrons. The molecule has 0 unspecified atom stereocenters. The molecule has 0 aromatic heterocycles. The number of benzene rings is 2. The highest BCUT2D eigenvalue weighted by molar-refractivity contribution is 5.95. The van der Waals surface area contributed by atoms with Crippen molar-refractivity contribution in [2.24, 2.45) is 0 Å². The number of hydrogen-bond acceptors (Lipinski definition) is 4. The van der Waals surface area contributed by atoms with Crippen molar-refractivity contribution in [3.8, 4) is 0 Å². The molecule has 10 heteroatoms. The van der Waals surface area contributed by atoms with Crippen LogP contribution in [0.1, 0.15) is 44.7 Å². The van der Waals surface area contributed by atoms with Gasteiger partial charge < -0.3 is 20.6 Å². The van der Waals surface area contributed by atoms with E-state index in [1.807, 2.05) is 53.4 Å². The second-order valence-electron chi connectivity index (χ2n) is 7.80. The molecule has 2 amide bonds. The molecule has 0 radical (unpaired) electrons. The van der Waals surface area contributed by atoms with Crippen molar-refractivity contribution >= 4 is 17.8 Å². The number of halogens is 3. The Balaban J connectivity index is 0.000000383. The minimum absolute atomic E-state index is 0.0208. The molecular formula is C23H24F3N3O4. The van der Waals surface area contributed by atoms with Crippen LogP contribution in [0.15, 0.2) is 48.5 Å². The quantitative estimate of drug-likeness (QED) is 0.650. The van der Waals surface area contributed by atoms with E-state index in [4.69, 9.17) is 9.90 Å². The van der Waals surface area contributed by atoms with Crippen LogP contribution in [0, 0.1) is 0 Å². The molecule has 1 saturated heterocycles. The van der Waals surface area contributed by atoms with Crippen LogP contribution >= 0.6 is 0 Å². The lowest BCUT2D eigenvalue weighted by atomic mass is 10.0. The Morgan fingerprint density at radius 2 is 1.55 bits per heavy atom. The summed E-state index contributed by atoms with van der Waals surface area (Å²) in [5.74, 6) is -2.71. The van der Waals surface area contributed by atoms with E-state index < -0.39 is 12.1 Å². The van der Waals surface area contributed by atoms with Gasteiger partial charge in [-0.3, -0.25) is 9.59 Å². The Labute approximate surface area is 188 Å². The van der Waals surface area contributed by atoms with Crippen LogP contribution in [-0.4, -0.2) is 53.1 Å². The molecule has 2 aromatic carbocycles. The smallest absolute Gasteiger partial charge is 0.475 e. The molecule has 0 spiro atoms. The molecule has 2 aromatic rings. The van der Waals surface area contributed by atoms with Crippen molar-refractivity contribution in [1.82, 2.24) is 15.5 Å². The summed E-state index contributed by atoms with van der Waals surface area (Å²) in [5, 5.41) is 13.5. The molecule has 0 atom stereocenters. The molecule has 2 heterocycles. The maximum absolute atomic E-state index is 12.5. The van der Waals surface area contributed by atoms with Gasteiger partial charge in [-0.15, -0.1) is 0 Å². The fraction of sp³-hybridized carbons (Fsp3) is 0.348. The van der Waals surface area contributed by atoms with E-state index in [0.29, 0.717) is 13.1 Å². The average Bonchev–Trinajstić information content (AvgIpc) is 3.27. The number of piperidine rings is 1. The van der Waals surface area contributed by atoms with Gasteiger partial charge in [0.1, 0.15) is 0 Å². The van der Waals surface area contributed by atoms with E-state index in [9.17, 15) is 22.8 Å². The van der Waals surface area contributed by atoms with Crippen LogP contribution in [0.25, 0.3) is 0 Å². The highest BCUT2D eigenvalue weighted by Gasteiger charge is 2.38. The molecule has 2 aliphatic heterocycles. The molecule has 0 aliphatic carbocycles. The highest BCUT2D eigenvalue weighted by Crippen LogP contribution is 2.18. The van der Waals surface area contributed by atoms with E-state index in [1.54, 1.807) is 0 Å². The summed E-state index contributed by atoms with van der Waals surface area (Å²) in [6.07, 6.45) is -3.51. The number of carboxylic acid groups (broad SMARTS) is 1. The number of amides is 2. The zero-order chi connectivity index (χ0) is 24.0. The van der Waals surface area contributed by atoms with Crippen LogP contribution in [0.3, 0.4) is 0 Å². The second kappa shape index (κ2) is 10.5. The SMILES string of the molecule is O=C(NC1CCN(C(=O)c2ccccc2)CC1)c1ccc2c(c1)CNC2.O=C(O)C(F)(F)F. The number of aliphatic carboxylic acids is 1. The molecule has 1 fully saturated rings. The third-order valence-corrected chi connectivity index (χ3v) is 5.48. The number of alkyl halides is 3. The minimum Gasteiger partial charge on any atom is -0.475 e. The largest absolute Gasteiger partial charge is 0.490 e. The zero-order valence-corrected chi connectivity index (χ0v) is 17.7. The van der Waals surface area contributed by atoms with Gasteiger partial charge in [0.05, 0.1) is 0 Å². The van der Waals surface area contributed by atoms with Gasteiger partial charge in [-0.2, -0.15) is 13.2 Å². The maximum atomic E-state index is 12.5. The molecule has 3 N–H and O–H groups in total. The summed E-state index contributed by atoms with van der Waals surface area (Å²) < 4.78 is 31.7. The summed E-state index contributed by atoms with van der Waals surface area (Å²) in [4.78, 5) is 35.8. The zero-order valence-electron chi connectivity index (χ0n) is 17.7. The van der Waals surface area contributed by atoms with E-state index in [2.05, 4.69) is 10.6 Å². The normalized spacial score (nSPS) is 15.8. The molecular weight excluding hydrogens is 439 g/mol. The molecule has 0 saturated carbocycles. The first-order valence-electron chi connectivity index (χ1n) is 10.4. The summed E-state index contributed by atoms with van der Waals surface area (Å²) in [6.45, 7) is 3.06. The standard InChI is InChI=1S/C21H23N3O2.C2HF3O2/c25-20(16-6-7-17-13-22-14-18(17)12-16)23-19-8-10-24(11-9-19)21(26)15-4-2-1-3-5-15;3-2(4,5)1(6)7/h1-7,12,19,22H,8-11,13-14H2,(H,23,25);(H,6,7). The number of likely N-dealkylation sites (tertiary alicyclic amines) is 1. The number of nitrogens with zero attached hydrogens (tertiary/aromatic N) is 1. The van der Waals surface area contributed by atoms with E-state index in [1.165, 1.54) is 11.1 Å². The summed E-state index contributed by atoms with van der Waals surface area (Å²) in [5.41, 5.74) is 3.92. The third kappa shape index (κ3) is 6.55. The van der Waals surface area contributed by atoms with Crippen LogP contribution in [0.2, 0.25) is 0 Å². The predicted octanol–water partition coefficient (Wildman–Crippen LogP) is 2.96. The summed E-state index contributed by atoms with van der Waals surface area (Å²) >= 11 is 0. The number of fused-ring (bicyclic) bond motifs is 1. The van der Waals surface area contributed by atoms with Crippen molar-refractivity contribution in [3.63, 3.8) is 0 Å². The molecule has 4 rings (SSSR count). The minimum atomic E-state index is -5.08. The van der Waals surface area contributed by atoms with Gasteiger partial charge in [-0.25, -0.2) is 4.79 Å². The predicted molar refractivity (Wildman–Crippen MR) is 114 cm³/mol. The lowest BCUT2D eigenvalue weighted by molar-refractivity contribution is -0.192. The van der Waals surface area contributed by atoms with Gasteiger partial charge >= 0.3 is 12.1 Å². The fourth-order valence-electron chi connectivity index (χ4n) is 3.69. The first-order valence-corrected chi connectivity index (χ1v) is 10.4. The Bertz CT molecular complexity index is 1000. The highest BCUT2D eigenvalue weighted by atomic mass is 19.4. The Morgan fingerprint density at radius 3 is 2.15 bits per heavy atom. The van der Waals surface area contributed by atoms with Crippen molar-refractivity contribution in [2.45, 2.75) is 38.1 Å². The van der Waals surface area contributed by atoms with Crippen LogP contribution < -0.4 is 10.6 Å². The fourth-order valence-corrected chi connectivity index (χ4v) is 3.69. The van der Waals surface area contributed by atoms with Crippen molar-refractivity contribution in [1.29, 1.82) is 0 Å². The lowest BCUT2D eigenvalue weighted by Gasteiger charge is -2.32. The number of carboxylic acids is 1. The first kappa shape index (κ1) is 24.2. The number of carbonyl (C=O) groups excluding carboxylic acids is 2. The number of carbonyl (C=O) groups is 3. The summed E-state index contributed by atoms with van der Waals surface area (Å²) in [7, 11) is 0. The Kier molecular flexibility index (Phi) is 7.70. The summed E-state index contributed by atoms with van der Waals surface area (Å²) in [6, 6.07) is 15.4. The van der Waals surface area contributed by atoms with Crippen LogP contribution in [0.4, 0.5) is 13.2 Å². The number of nitrogens with one attached hydrogen (secondary N) is 2. The Hall–Kier alpha value is -3.40. The average molecular weight is 463 g/mol. The number of hydrogen-bond donors (Lipinski definition) is 3. The third-order valence-electron chi connectivity index (χ3n) is 5.48. The van der Waals surface area contributed by atoms with Gasteiger partial charge in [-0.05, 0) is 48.2 Å². The lowest BCUT2D eigenvalue weighted by Crippen LogP contribution is -2.46. The monoisotopic (exact) mass is 463 g/mol. The number of rotatable bonds is 3. The first-order chi connectivity index (χ1) is 15.6. The van der Waals surface area contributed by atoms with Crippen LogP contribution in [-0.2, 0) is 17.9 Å². The van der Waals surface area contributed by atoms with Gasteiger partial charge in [0.25, 0.3) is 11.8 Å². The van der Waals surface area contributed by atoms with Gasteiger partial charge in [0.2, 0.25) is 0 Å². The molecule has 7 nitrogen and oxygen atoms in total. The van der Waals surface area contributed by atoms with Crippen molar-refractivity contribution in [2.75, 3.05) is 13.1 Å². The van der Waals surface area contributed by atoms with E-state index >= 15 is 0 Å². The van der Waals surface area contributed by atoms with Crippen LogP contribution in [0.5, 0.6) is 0 Å². The van der Waals surface area contributed by atoms with E-state index in [-0.39, 0.29) is 17.9 Å². The molecule has 0 bridgehead atoms. The second-order valence-corrected chi connectivity index (χ2v) is 7.80. The molecule has 2 aliphatic rings. The maximum Gasteiger partial charge on any atom is 0.490 e. The van der Waals surface area contributed by atoms with Crippen molar-refractivity contribution < 1.29 is 32.7 Å². The van der Waals surface area contributed by atoms with Crippen molar-refractivity contribution in [3.05, 3.63) is 70.8 Å². The topological polar surface area (TPSA) is 98.7 Å². The van der Waals surface area contributed by atoms with E-state index in [0.717, 1.165) is 37.1 Å². The van der Waals surface area contributed by atoms with Gasteiger partial charge in [-0.1, -0.05) is 24.3 Å².